The van der Waals surface area contributed by atoms with Crippen LogP contribution in [0, 0.1) is 11.8 Å². The van der Waals surface area contributed by atoms with Gasteiger partial charge >= 0.3 is 5.97 Å². The van der Waals surface area contributed by atoms with E-state index in [0.717, 1.165) is 24.2 Å². The second kappa shape index (κ2) is 4.96. The van der Waals surface area contributed by atoms with Gasteiger partial charge in [0.1, 0.15) is 5.70 Å². The highest BCUT2D eigenvalue weighted by molar-refractivity contribution is 6.00. The number of hydrogen-bond acceptors (Lipinski definition) is 4. The summed E-state index contributed by atoms with van der Waals surface area (Å²) >= 11 is 0. The molecule has 0 aliphatic carbocycles. The summed E-state index contributed by atoms with van der Waals surface area (Å²) in [5, 5.41) is 22.3. The molecule has 3 aliphatic heterocycles. The monoisotopic (exact) mass is 292 g/mol. The number of aliphatic carboxylic acids is 1. The molecular weight excluding hydrogens is 272 g/mol. The molecule has 3 N–H and O–H groups in total. The first kappa shape index (κ1) is 14.3. The molecule has 0 bridgehead atoms. The molecule has 0 unspecified atom stereocenters. The summed E-state index contributed by atoms with van der Waals surface area (Å²) in [6.07, 6.45) is 1.86. The fourth-order valence-electron chi connectivity index (χ4n) is 3.50. The minimum Gasteiger partial charge on any atom is -0.477 e. The van der Waals surface area contributed by atoms with Crippen LogP contribution in [-0.2, 0) is 9.59 Å². The third-order valence-electron chi connectivity index (χ3n) is 4.71. The van der Waals surface area contributed by atoms with Gasteiger partial charge in [0.25, 0.3) is 0 Å². The number of aliphatic hydroxyl groups is 1. The van der Waals surface area contributed by atoms with E-state index in [4.69, 9.17) is 0 Å². The Hall–Kier alpha value is -1.66. The molecular formula is C15H20N2O4. The number of nitrogens with zero attached hydrogens (tertiary/aromatic N) is 1. The molecule has 0 aromatic carbocycles. The number of carbonyl (C=O) groups is 2. The third kappa shape index (κ3) is 2.10. The molecule has 2 saturated heterocycles. The molecule has 2 fully saturated rings. The van der Waals surface area contributed by atoms with Crippen molar-refractivity contribution in [2.75, 3.05) is 13.1 Å². The number of β-lactam (4-membered cyclic amide) rings is 1. The fourth-order valence-corrected chi connectivity index (χ4v) is 3.50. The first-order chi connectivity index (χ1) is 9.91. The Balaban J connectivity index is 1.90. The van der Waals surface area contributed by atoms with Gasteiger partial charge in [-0.1, -0.05) is 6.08 Å². The lowest BCUT2D eigenvalue weighted by Crippen LogP contribution is -2.61. The zero-order valence-electron chi connectivity index (χ0n) is 12.2. The highest BCUT2D eigenvalue weighted by Crippen LogP contribution is 2.45. The maximum absolute atomic E-state index is 12.1. The van der Waals surface area contributed by atoms with E-state index >= 15 is 0 Å². The molecule has 3 rings (SSSR count). The van der Waals surface area contributed by atoms with Crippen LogP contribution in [0.5, 0.6) is 0 Å². The summed E-state index contributed by atoms with van der Waals surface area (Å²) in [6, 6.07) is -0.207. The highest BCUT2D eigenvalue weighted by Gasteiger charge is 2.56. The third-order valence-corrected chi connectivity index (χ3v) is 4.71. The molecule has 3 atom stereocenters. The zero-order chi connectivity index (χ0) is 15.3. The van der Waals surface area contributed by atoms with E-state index in [1.54, 1.807) is 6.92 Å². The van der Waals surface area contributed by atoms with Gasteiger partial charge in [-0.25, -0.2) is 4.79 Å². The molecule has 6 nitrogen and oxygen atoms in total. The van der Waals surface area contributed by atoms with E-state index in [9.17, 15) is 19.8 Å². The highest BCUT2D eigenvalue weighted by atomic mass is 16.4. The van der Waals surface area contributed by atoms with Crippen LogP contribution in [0.25, 0.3) is 0 Å². The number of carboxylic acid groups (broad SMARTS) is 1. The molecule has 3 heterocycles. The number of allylic oxidation sites excluding steroid dienone is 1. The topological polar surface area (TPSA) is 89.9 Å². The molecule has 6 heteroatoms. The van der Waals surface area contributed by atoms with Crippen molar-refractivity contribution in [2.45, 2.75) is 32.4 Å². The van der Waals surface area contributed by atoms with E-state index in [-0.39, 0.29) is 17.6 Å². The average Bonchev–Trinajstić information content (AvgIpc) is 2.68. The minimum atomic E-state index is -1.07. The second-order valence-corrected chi connectivity index (χ2v) is 6.15. The first-order valence-electron chi connectivity index (χ1n) is 7.29. The quantitative estimate of drug-likeness (QED) is 0.640. The predicted octanol–water partition coefficient (Wildman–Crippen LogP) is 0.102. The fraction of sp³-hybridized carbons (Fsp3) is 0.600. The summed E-state index contributed by atoms with van der Waals surface area (Å²) < 4.78 is 0. The Morgan fingerprint density at radius 2 is 2.14 bits per heavy atom. The summed E-state index contributed by atoms with van der Waals surface area (Å²) in [6.45, 7) is 5.32. The molecule has 1 amide bonds. The number of carboxylic acids is 1. The van der Waals surface area contributed by atoms with Crippen molar-refractivity contribution >= 4 is 11.9 Å². The summed E-state index contributed by atoms with van der Waals surface area (Å²) in [4.78, 5) is 25.0. The Kier molecular flexibility index (Phi) is 3.37. The molecule has 0 aromatic heterocycles. The van der Waals surface area contributed by atoms with Gasteiger partial charge in [0.05, 0.1) is 18.1 Å². The second-order valence-electron chi connectivity index (χ2n) is 6.15. The molecule has 3 aliphatic rings. The van der Waals surface area contributed by atoms with Crippen molar-refractivity contribution in [3.63, 3.8) is 0 Å². The van der Waals surface area contributed by atoms with Crippen LogP contribution < -0.4 is 5.32 Å². The van der Waals surface area contributed by atoms with Gasteiger partial charge in [0.15, 0.2) is 0 Å². The molecule has 0 aromatic rings. The van der Waals surface area contributed by atoms with Crippen LogP contribution >= 0.6 is 0 Å². The van der Waals surface area contributed by atoms with Crippen molar-refractivity contribution in [3.05, 3.63) is 22.9 Å². The van der Waals surface area contributed by atoms with Gasteiger partial charge in [-0.2, -0.15) is 0 Å². The van der Waals surface area contributed by atoms with E-state index in [1.165, 1.54) is 4.90 Å². The Morgan fingerprint density at radius 1 is 1.48 bits per heavy atom. The van der Waals surface area contributed by atoms with Crippen molar-refractivity contribution in [1.29, 1.82) is 0 Å². The molecule has 114 valence electrons. The normalized spacial score (nSPS) is 30.9. The van der Waals surface area contributed by atoms with Gasteiger partial charge in [-0.3, -0.25) is 4.79 Å². The van der Waals surface area contributed by atoms with E-state index in [1.807, 2.05) is 6.92 Å². The van der Waals surface area contributed by atoms with Crippen LogP contribution in [0.2, 0.25) is 0 Å². The Bertz CT molecular complexity index is 560. The standard InChI is InChI=1S/C15H20N2O4/c1-7(3-9-5-16-6-9)10-4-11-12(8(2)18)14(19)17(11)13(10)15(20)21/h3,8-9,11-12,16,18H,4-6H2,1-2H3,(H,20,21)/b7-3+/t8-,11-,12-/m1/s1. The summed E-state index contributed by atoms with van der Waals surface area (Å²) in [5.41, 5.74) is 1.77. The van der Waals surface area contributed by atoms with Crippen LogP contribution in [0.3, 0.4) is 0 Å². The van der Waals surface area contributed by atoms with Gasteiger partial charge in [0.2, 0.25) is 5.91 Å². The minimum absolute atomic E-state index is 0.0999. The summed E-state index contributed by atoms with van der Waals surface area (Å²) in [5.74, 6) is -1.39. The Labute approximate surface area is 123 Å². The van der Waals surface area contributed by atoms with Gasteiger partial charge in [-0.05, 0) is 31.4 Å². The number of nitrogens with one attached hydrogen (secondary N) is 1. The number of fused-ring (bicyclic) bond motifs is 1. The van der Waals surface area contributed by atoms with Gasteiger partial charge in [-0.15, -0.1) is 0 Å². The van der Waals surface area contributed by atoms with Crippen molar-refractivity contribution < 1.29 is 19.8 Å². The number of aliphatic hydroxyl groups excluding tert-OH is 1. The van der Waals surface area contributed by atoms with Crippen LogP contribution in [0.1, 0.15) is 20.3 Å². The lowest BCUT2D eigenvalue weighted by Gasteiger charge is -2.44. The number of amides is 1. The first-order valence-corrected chi connectivity index (χ1v) is 7.29. The van der Waals surface area contributed by atoms with Crippen molar-refractivity contribution in [2.24, 2.45) is 11.8 Å². The molecule has 21 heavy (non-hydrogen) atoms. The molecule has 0 radical (unpaired) electrons. The van der Waals surface area contributed by atoms with Crippen LogP contribution in [0.15, 0.2) is 22.9 Å². The number of rotatable bonds is 4. The molecule has 0 saturated carbocycles. The average molecular weight is 292 g/mol. The van der Waals surface area contributed by atoms with E-state index in [0.29, 0.717) is 12.3 Å². The molecule has 0 spiro atoms. The largest absolute Gasteiger partial charge is 0.477 e. The lowest BCUT2D eigenvalue weighted by molar-refractivity contribution is -0.161. The smallest absolute Gasteiger partial charge is 0.352 e. The van der Waals surface area contributed by atoms with Crippen molar-refractivity contribution in [3.8, 4) is 0 Å². The van der Waals surface area contributed by atoms with Crippen LogP contribution in [-0.4, -0.2) is 52.2 Å². The lowest BCUT2D eigenvalue weighted by atomic mass is 9.82. The van der Waals surface area contributed by atoms with Gasteiger partial charge < -0.3 is 20.4 Å². The number of hydrogen-bond donors (Lipinski definition) is 3. The van der Waals surface area contributed by atoms with Gasteiger partial charge in [0, 0.05) is 19.0 Å². The van der Waals surface area contributed by atoms with E-state index < -0.39 is 18.0 Å². The number of carbonyl (C=O) groups excluding carboxylic acids is 1. The maximum Gasteiger partial charge on any atom is 0.352 e. The van der Waals surface area contributed by atoms with Crippen molar-refractivity contribution in [1.82, 2.24) is 10.2 Å². The maximum atomic E-state index is 12.1. The summed E-state index contributed by atoms with van der Waals surface area (Å²) in [7, 11) is 0. The Morgan fingerprint density at radius 3 is 2.62 bits per heavy atom. The van der Waals surface area contributed by atoms with E-state index in [2.05, 4.69) is 11.4 Å². The zero-order valence-corrected chi connectivity index (χ0v) is 12.2. The van der Waals surface area contributed by atoms with Crippen LogP contribution in [0.4, 0.5) is 0 Å². The SMILES string of the molecule is C/C(=C\C1CNC1)C1=C(C(=O)O)N2C(=O)[C@H]([C@@H](C)O)[C@H]2C1. The predicted molar refractivity (Wildman–Crippen MR) is 75.2 cm³/mol.